The number of nitriles is 1. The van der Waals surface area contributed by atoms with Crippen LogP contribution in [0.25, 0.3) is 0 Å². The maximum Gasteiger partial charge on any atom is 0.272 e. The summed E-state index contributed by atoms with van der Waals surface area (Å²) in [7, 11) is 0. The number of fused-ring (bicyclic) bond motifs is 1. The van der Waals surface area contributed by atoms with Crippen LogP contribution in [0.5, 0.6) is 0 Å². The van der Waals surface area contributed by atoms with Crippen LogP contribution < -0.4 is 4.90 Å². The number of carbonyl (C=O) groups excluding carboxylic acids is 1. The third-order valence-corrected chi connectivity index (χ3v) is 7.11. The van der Waals surface area contributed by atoms with E-state index in [1.165, 1.54) is 0 Å². The average molecular weight is 450 g/mol. The van der Waals surface area contributed by atoms with Gasteiger partial charge in [0, 0.05) is 42.6 Å². The van der Waals surface area contributed by atoms with Crippen molar-refractivity contribution in [2.75, 3.05) is 36.8 Å². The third-order valence-electron chi connectivity index (χ3n) is 5.83. The first kappa shape index (κ1) is 20.0. The van der Waals surface area contributed by atoms with Gasteiger partial charge in [-0.15, -0.1) is 0 Å². The Hall–Kier alpha value is -2.95. The molecule has 1 saturated heterocycles. The van der Waals surface area contributed by atoms with Gasteiger partial charge in [0.05, 0.1) is 23.9 Å². The highest BCUT2D eigenvalue weighted by Gasteiger charge is 2.33. The molecule has 0 spiro atoms. The van der Waals surface area contributed by atoms with Crippen molar-refractivity contribution in [3.63, 3.8) is 0 Å². The van der Waals surface area contributed by atoms with Crippen LogP contribution in [0.3, 0.4) is 0 Å². The lowest BCUT2D eigenvalue weighted by Crippen LogP contribution is -2.49. The Morgan fingerprint density at radius 3 is 2.61 bits per heavy atom. The summed E-state index contributed by atoms with van der Waals surface area (Å²) in [4.78, 5) is 22.0. The number of piperazine rings is 1. The minimum atomic E-state index is 0.0191. The lowest BCUT2D eigenvalue weighted by atomic mass is 10.1. The van der Waals surface area contributed by atoms with E-state index < -0.39 is 0 Å². The Bertz CT molecular complexity index is 1160. The van der Waals surface area contributed by atoms with Crippen molar-refractivity contribution in [2.45, 2.75) is 11.2 Å². The van der Waals surface area contributed by atoms with Gasteiger partial charge in [0.15, 0.2) is 5.16 Å². The Morgan fingerprint density at radius 2 is 1.90 bits per heavy atom. The molecule has 5 rings (SSSR count). The molecular formula is C23H20ClN5OS. The van der Waals surface area contributed by atoms with E-state index in [-0.39, 0.29) is 11.9 Å². The number of hydrogen-bond acceptors (Lipinski definition) is 5. The molecule has 1 atom stereocenters. The van der Waals surface area contributed by atoms with Crippen LogP contribution in [-0.4, -0.2) is 52.3 Å². The molecule has 1 unspecified atom stereocenters. The largest absolute Gasteiger partial charge is 0.368 e. The van der Waals surface area contributed by atoms with Crippen molar-refractivity contribution in [2.24, 2.45) is 0 Å². The van der Waals surface area contributed by atoms with Gasteiger partial charge >= 0.3 is 0 Å². The summed E-state index contributed by atoms with van der Waals surface area (Å²) < 4.78 is 2.05. The second-order valence-corrected chi connectivity index (χ2v) is 9.04. The molecule has 3 aromatic rings. The summed E-state index contributed by atoms with van der Waals surface area (Å²) in [6.45, 7) is 2.84. The molecule has 2 aromatic carbocycles. The van der Waals surface area contributed by atoms with Crippen LogP contribution in [-0.2, 0) is 0 Å². The highest BCUT2D eigenvalue weighted by atomic mass is 35.5. The number of amides is 1. The maximum absolute atomic E-state index is 13.4. The summed E-state index contributed by atoms with van der Waals surface area (Å²) in [5.74, 6) is 0.850. The number of thioether (sulfide) groups is 1. The number of halogens is 1. The van der Waals surface area contributed by atoms with Crippen molar-refractivity contribution in [3.05, 3.63) is 76.6 Å². The van der Waals surface area contributed by atoms with Crippen LogP contribution in [0.4, 0.5) is 5.69 Å². The fourth-order valence-corrected chi connectivity index (χ4v) is 5.49. The monoisotopic (exact) mass is 449 g/mol. The first-order valence-corrected chi connectivity index (χ1v) is 11.5. The number of nitrogens with zero attached hydrogens (tertiary/aromatic N) is 5. The second kappa shape index (κ2) is 8.29. The molecule has 1 aromatic heterocycles. The number of aromatic nitrogens is 2. The molecule has 156 valence electrons. The van der Waals surface area contributed by atoms with E-state index in [1.807, 2.05) is 53.4 Å². The number of imidazole rings is 1. The first-order valence-electron chi connectivity index (χ1n) is 10.1. The van der Waals surface area contributed by atoms with Gasteiger partial charge in [-0.05, 0) is 35.9 Å². The summed E-state index contributed by atoms with van der Waals surface area (Å²) >= 11 is 7.79. The summed E-state index contributed by atoms with van der Waals surface area (Å²) in [5, 5.41) is 10.6. The van der Waals surface area contributed by atoms with E-state index in [0.717, 1.165) is 40.3 Å². The SMILES string of the molecule is N#Cc1ccc(C2CSc3ncc(C(=O)N4CCN(c5cccc(Cl)c5)CC4)n32)cc1. The molecule has 3 heterocycles. The van der Waals surface area contributed by atoms with Crippen LogP contribution in [0.2, 0.25) is 5.02 Å². The third kappa shape index (κ3) is 3.78. The lowest BCUT2D eigenvalue weighted by molar-refractivity contribution is 0.0734. The molecule has 0 radical (unpaired) electrons. The molecule has 1 fully saturated rings. The molecular weight excluding hydrogens is 430 g/mol. The maximum atomic E-state index is 13.4. The molecule has 0 saturated carbocycles. The van der Waals surface area contributed by atoms with Crippen molar-refractivity contribution < 1.29 is 4.79 Å². The number of hydrogen-bond donors (Lipinski definition) is 0. The number of benzene rings is 2. The fourth-order valence-electron chi connectivity index (χ4n) is 4.17. The normalized spacial score (nSPS) is 18.0. The highest BCUT2D eigenvalue weighted by Crippen LogP contribution is 2.38. The van der Waals surface area contributed by atoms with E-state index in [9.17, 15) is 4.79 Å². The van der Waals surface area contributed by atoms with Gasteiger partial charge < -0.3 is 14.4 Å². The van der Waals surface area contributed by atoms with Crippen molar-refractivity contribution in [3.8, 4) is 6.07 Å². The highest BCUT2D eigenvalue weighted by molar-refractivity contribution is 7.99. The standard InChI is InChI=1S/C23H20ClN5OS/c24-18-2-1-3-19(12-18)27-8-10-28(11-9-27)22(30)20-14-26-23-29(20)21(15-31-23)17-6-4-16(13-25)5-7-17/h1-7,12,14,21H,8-11,15H2. The van der Waals surface area contributed by atoms with E-state index in [2.05, 4.69) is 20.5 Å². The van der Waals surface area contributed by atoms with Crippen molar-refractivity contribution in [1.29, 1.82) is 5.26 Å². The number of anilines is 1. The zero-order chi connectivity index (χ0) is 21.4. The van der Waals surface area contributed by atoms with E-state index in [1.54, 1.807) is 18.0 Å². The lowest BCUT2D eigenvalue weighted by Gasteiger charge is -2.36. The van der Waals surface area contributed by atoms with Crippen LogP contribution in [0.15, 0.2) is 59.9 Å². The molecule has 8 heteroatoms. The molecule has 2 aliphatic heterocycles. The quantitative estimate of drug-likeness (QED) is 0.603. The van der Waals surface area contributed by atoms with Gasteiger partial charge in [-0.2, -0.15) is 5.26 Å². The van der Waals surface area contributed by atoms with Gasteiger partial charge in [0.2, 0.25) is 0 Å². The molecule has 6 nitrogen and oxygen atoms in total. The van der Waals surface area contributed by atoms with Crippen molar-refractivity contribution >= 4 is 35.0 Å². The smallest absolute Gasteiger partial charge is 0.272 e. The molecule has 0 aliphatic carbocycles. The van der Waals surface area contributed by atoms with E-state index in [4.69, 9.17) is 16.9 Å². The van der Waals surface area contributed by atoms with E-state index >= 15 is 0 Å². The zero-order valence-electron chi connectivity index (χ0n) is 16.7. The predicted molar refractivity (Wildman–Crippen MR) is 122 cm³/mol. The van der Waals surface area contributed by atoms with Gasteiger partial charge in [0.25, 0.3) is 5.91 Å². The minimum absolute atomic E-state index is 0.0191. The average Bonchev–Trinajstić information content (AvgIpc) is 3.41. The van der Waals surface area contributed by atoms with Crippen LogP contribution in [0, 0.1) is 11.3 Å². The van der Waals surface area contributed by atoms with Gasteiger partial charge in [-0.25, -0.2) is 4.98 Å². The van der Waals surface area contributed by atoms with Gasteiger partial charge in [-0.3, -0.25) is 4.79 Å². The Balaban J connectivity index is 1.33. The molecule has 0 N–H and O–H groups in total. The number of rotatable bonds is 3. The summed E-state index contributed by atoms with van der Waals surface area (Å²) in [6.07, 6.45) is 1.70. The second-order valence-electron chi connectivity index (χ2n) is 7.62. The van der Waals surface area contributed by atoms with Gasteiger partial charge in [0.1, 0.15) is 5.69 Å². The first-order chi connectivity index (χ1) is 15.1. The topological polar surface area (TPSA) is 65.2 Å². The van der Waals surface area contributed by atoms with Crippen LogP contribution >= 0.6 is 23.4 Å². The fraction of sp³-hybridized carbons (Fsp3) is 0.261. The summed E-state index contributed by atoms with van der Waals surface area (Å²) in [6, 6.07) is 17.6. The van der Waals surface area contributed by atoms with Crippen molar-refractivity contribution in [1.82, 2.24) is 14.5 Å². The molecule has 2 aliphatic rings. The molecule has 0 bridgehead atoms. The van der Waals surface area contributed by atoms with Gasteiger partial charge in [-0.1, -0.05) is 41.6 Å². The Kier molecular flexibility index (Phi) is 5.34. The van der Waals surface area contributed by atoms with E-state index in [0.29, 0.717) is 24.3 Å². The van der Waals surface area contributed by atoms with Crippen LogP contribution in [0.1, 0.15) is 27.7 Å². The molecule has 1 amide bonds. The Labute approximate surface area is 190 Å². The Morgan fingerprint density at radius 1 is 1.13 bits per heavy atom. The zero-order valence-corrected chi connectivity index (χ0v) is 18.3. The predicted octanol–water partition coefficient (Wildman–Crippen LogP) is 4.07. The minimum Gasteiger partial charge on any atom is -0.368 e. The number of carbonyl (C=O) groups is 1. The summed E-state index contributed by atoms with van der Waals surface area (Å²) in [5.41, 5.74) is 3.44. The molecule has 31 heavy (non-hydrogen) atoms.